The predicted octanol–water partition coefficient (Wildman–Crippen LogP) is 3.86. The lowest BCUT2D eigenvalue weighted by atomic mass is 10.2. The average molecular weight is 353 g/mol. The molecule has 0 atom stereocenters. The van der Waals surface area contributed by atoms with E-state index in [4.69, 9.17) is 16.3 Å². The monoisotopic (exact) mass is 352 g/mol. The van der Waals surface area contributed by atoms with Crippen LogP contribution in [0, 0.1) is 5.82 Å². The van der Waals surface area contributed by atoms with Crippen molar-refractivity contribution in [3.05, 3.63) is 57.5 Å². The van der Waals surface area contributed by atoms with Crippen molar-refractivity contribution in [2.75, 3.05) is 5.32 Å². The molecule has 0 bridgehead atoms. The number of thiazole rings is 1. The maximum atomic E-state index is 13.5. The van der Waals surface area contributed by atoms with Crippen LogP contribution in [0.5, 0.6) is 5.75 Å². The lowest BCUT2D eigenvalue weighted by Gasteiger charge is -2.13. The van der Waals surface area contributed by atoms with Crippen molar-refractivity contribution >= 4 is 28.6 Å². The molecule has 1 N–H and O–H groups in total. The fourth-order valence-electron chi connectivity index (χ4n) is 2.01. The Kier molecular flexibility index (Phi) is 4.78. The molecule has 0 aliphatic heterocycles. The second kappa shape index (κ2) is 6.97. The van der Waals surface area contributed by atoms with Gasteiger partial charge in [-0.3, -0.25) is 4.68 Å². The molecule has 0 saturated carbocycles. The van der Waals surface area contributed by atoms with Crippen molar-refractivity contribution in [2.24, 2.45) is 7.05 Å². The zero-order chi connectivity index (χ0) is 16.2. The van der Waals surface area contributed by atoms with Crippen molar-refractivity contribution in [3.63, 3.8) is 0 Å². The molecule has 5 nitrogen and oxygen atoms in total. The smallest absolute Gasteiger partial charge is 0.183 e. The Morgan fingerprint density at radius 3 is 2.96 bits per heavy atom. The minimum atomic E-state index is -0.331. The summed E-state index contributed by atoms with van der Waals surface area (Å²) in [6, 6.07) is 6.25. The third-order valence-corrected chi connectivity index (χ3v) is 4.33. The maximum Gasteiger partial charge on any atom is 0.183 e. The Labute approximate surface area is 141 Å². The Hall–Kier alpha value is -2.12. The van der Waals surface area contributed by atoms with E-state index >= 15 is 0 Å². The van der Waals surface area contributed by atoms with E-state index in [-0.39, 0.29) is 5.82 Å². The molecule has 0 amide bonds. The Morgan fingerprint density at radius 2 is 2.26 bits per heavy atom. The highest BCUT2D eigenvalue weighted by molar-refractivity contribution is 7.15. The van der Waals surface area contributed by atoms with Crippen LogP contribution in [0.25, 0.3) is 0 Å². The summed E-state index contributed by atoms with van der Waals surface area (Å²) in [6.07, 6.45) is 3.39. The lowest BCUT2D eigenvalue weighted by molar-refractivity contribution is 0.296. The molecule has 0 saturated heterocycles. The number of halogens is 2. The van der Waals surface area contributed by atoms with Crippen LogP contribution in [0.1, 0.15) is 10.6 Å². The molecule has 1 aromatic carbocycles. The summed E-state index contributed by atoms with van der Waals surface area (Å²) in [5.74, 6) is 0.242. The summed E-state index contributed by atoms with van der Waals surface area (Å²) in [6.45, 7) is 0.846. The fourth-order valence-corrected chi connectivity index (χ4v) is 2.93. The first kappa shape index (κ1) is 15.8. The van der Waals surface area contributed by atoms with Crippen molar-refractivity contribution in [1.29, 1.82) is 0 Å². The number of anilines is 1. The summed E-state index contributed by atoms with van der Waals surface area (Å²) in [5.41, 5.74) is 1.51. The quantitative estimate of drug-likeness (QED) is 0.732. The number of hydrogen-bond acceptors (Lipinski definition) is 5. The average Bonchev–Trinajstić information content (AvgIpc) is 3.13. The van der Waals surface area contributed by atoms with Crippen LogP contribution in [0.15, 0.2) is 36.7 Å². The van der Waals surface area contributed by atoms with E-state index in [2.05, 4.69) is 15.4 Å². The fraction of sp³-hybridized carbons (Fsp3) is 0.200. The number of rotatable bonds is 6. The number of benzene rings is 1. The molecule has 0 spiro atoms. The van der Waals surface area contributed by atoms with E-state index in [1.54, 1.807) is 23.1 Å². The van der Waals surface area contributed by atoms with E-state index in [9.17, 15) is 4.39 Å². The van der Waals surface area contributed by atoms with Gasteiger partial charge in [0.05, 0.1) is 17.9 Å². The van der Waals surface area contributed by atoms with Crippen molar-refractivity contribution in [1.82, 2.24) is 14.8 Å². The van der Waals surface area contributed by atoms with Crippen molar-refractivity contribution in [3.8, 4) is 5.75 Å². The zero-order valence-corrected chi connectivity index (χ0v) is 13.9. The van der Waals surface area contributed by atoms with Gasteiger partial charge in [-0.15, -0.1) is 11.3 Å². The first-order valence-corrected chi connectivity index (χ1v) is 8.04. The summed E-state index contributed by atoms with van der Waals surface area (Å²) in [7, 11) is 1.84. The SMILES string of the molecule is Cn1nccc1COc1ccc(F)cc1NCc1cnc(Cl)s1. The molecule has 0 unspecified atom stereocenters. The van der Waals surface area contributed by atoms with Gasteiger partial charge in [0.25, 0.3) is 0 Å². The summed E-state index contributed by atoms with van der Waals surface area (Å²) in [5, 5.41) is 7.24. The Bertz CT molecular complexity index is 804. The van der Waals surface area contributed by atoms with E-state index in [0.717, 1.165) is 10.6 Å². The van der Waals surface area contributed by atoms with Gasteiger partial charge in [0.2, 0.25) is 0 Å². The second-order valence-electron chi connectivity index (χ2n) is 4.81. The van der Waals surface area contributed by atoms with Gasteiger partial charge in [0, 0.05) is 30.4 Å². The van der Waals surface area contributed by atoms with Crippen LogP contribution in [0.4, 0.5) is 10.1 Å². The topological polar surface area (TPSA) is 52.0 Å². The van der Waals surface area contributed by atoms with E-state index < -0.39 is 0 Å². The molecule has 2 aromatic heterocycles. The minimum Gasteiger partial charge on any atom is -0.485 e. The minimum absolute atomic E-state index is 0.331. The molecule has 0 fully saturated rings. The lowest BCUT2D eigenvalue weighted by Crippen LogP contribution is -2.06. The van der Waals surface area contributed by atoms with Gasteiger partial charge >= 0.3 is 0 Å². The van der Waals surface area contributed by atoms with Crippen LogP contribution >= 0.6 is 22.9 Å². The Morgan fingerprint density at radius 1 is 1.39 bits per heavy atom. The number of aromatic nitrogens is 3. The van der Waals surface area contributed by atoms with E-state index in [0.29, 0.717) is 29.1 Å². The van der Waals surface area contributed by atoms with Crippen LogP contribution in [-0.2, 0) is 20.2 Å². The number of hydrogen-bond donors (Lipinski definition) is 1. The second-order valence-corrected chi connectivity index (χ2v) is 6.51. The van der Waals surface area contributed by atoms with Gasteiger partial charge in [0.15, 0.2) is 4.47 Å². The third-order valence-electron chi connectivity index (χ3n) is 3.22. The van der Waals surface area contributed by atoms with Gasteiger partial charge in [-0.25, -0.2) is 9.37 Å². The number of nitrogens with zero attached hydrogens (tertiary/aromatic N) is 3. The van der Waals surface area contributed by atoms with E-state index in [1.807, 2.05) is 13.1 Å². The molecule has 2 heterocycles. The zero-order valence-electron chi connectivity index (χ0n) is 12.3. The highest BCUT2D eigenvalue weighted by Crippen LogP contribution is 2.28. The molecule has 8 heteroatoms. The summed E-state index contributed by atoms with van der Waals surface area (Å²) in [4.78, 5) is 4.93. The molecular weight excluding hydrogens is 339 g/mol. The molecular formula is C15H14ClFN4OS. The first-order chi connectivity index (χ1) is 11.1. The molecule has 23 heavy (non-hydrogen) atoms. The van der Waals surface area contributed by atoms with Crippen LogP contribution < -0.4 is 10.1 Å². The van der Waals surface area contributed by atoms with Gasteiger partial charge in [0.1, 0.15) is 18.2 Å². The molecule has 120 valence electrons. The summed E-state index contributed by atoms with van der Waals surface area (Å²) < 4.78 is 21.5. The number of aryl methyl sites for hydroxylation is 1. The van der Waals surface area contributed by atoms with Gasteiger partial charge in [-0.2, -0.15) is 5.10 Å². The number of ether oxygens (including phenoxy) is 1. The predicted molar refractivity (Wildman–Crippen MR) is 88.4 cm³/mol. The van der Waals surface area contributed by atoms with Crippen molar-refractivity contribution < 1.29 is 9.13 Å². The standard InChI is InChI=1S/C15H14ClFN4OS/c1-21-11(4-5-20-21)9-22-14-3-2-10(17)6-13(14)18-7-12-8-19-15(16)23-12/h2-6,8,18H,7,9H2,1H3. The van der Waals surface area contributed by atoms with Gasteiger partial charge < -0.3 is 10.1 Å². The van der Waals surface area contributed by atoms with Crippen molar-refractivity contribution in [2.45, 2.75) is 13.2 Å². The van der Waals surface area contributed by atoms with Gasteiger partial charge in [-0.1, -0.05) is 11.6 Å². The highest BCUT2D eigenvalue weighted by atomic mass is 35.5. The summed E-state index contributed by atoms with van der Waals surface area (Å²) >= 11 is 7.18. The maximum absolute atomic E-state index is 13.5. The van der Waals surface area contributed by atoms with Gasteiger partial charge in [-0.05, 0) is 18.2 Å². The highest BCUT2D eigenvalue weighted by Gasteiger charge is 2.08. The van der Waals surface area contributed by atoms with Crippen LogP contribution in [0.3, 0.4) is 0 Å². The molecule has 3 rings (SSSR count). The Balaban J connectivity index is 1.70. The molecule has 0 radical (unpaired) electrons. The van der Waals surface area contributed by atoms with Crippen LogP contribution in [0.2, 0.25) is 4.47 Å². The van der Waals surface area contributed by atoms with E-state index in [1.165, 1.54) is 23.5 Å². The normalized spacial score (nSPS) is 10.7. The number of nitrogens with one attached hydrogen (secondary N) is 1. The molecule has 0 aliphatic carbocycles. The third kappa shape index (κ3) is 4.00. The first-order valence-electron chi connectivity index (χ1n) is 6.85. The largest absolute Gasteiger partial charge is 0.485 e. The molecule has 3 aromatic rings. The molecule has 0 aliphatic rings. The van der Waals surface area contributed by atoms with Crippen LogP contribution in [-0.4, -0.2) is 14.8 Å².